The van der Waals surface area contributed by atoms with Crippen LogP contribution in [-0.2, 0) is 9.59 Å². The van der Waals surface area contributed by atoms with Gasteiger partial charge in [0.25, 0.3) is 0 Å². The van der Waals surface area contributed by atoms with Crippen LogP contribution in [-0.4, -0.2) is 11.7 Å². The average Bonchev–Trinajstić information content (AvgIpc) is 2.67. The quantitative estimate of drug-likeness (QED) is 0.729. The molecule has 0 bridgehead atoms. The van der Waals surface area contributed by atoms with Crippen LogP contribution >= 0.6 is 0 Å². The van der Waals surface area contributed by atoms with Gasteiger partial charge in [-0.2, -0.15) is 5.26 Å². The van der Waals surface area contributed by atoms with Gasteiger partial charge in [0.2, 0.25) is 5.91 Å². The number of benzene rings is 2. The standard InChI is InChI=1S/C25H24N2O2/c1-16-8-10-17(11-9-16)19-12-23(29)27(20-7-5-4-6-18(20)15-26)21-13-25(2,3)14-22(28)24(19)21/h4-11,19H,12-14H2,1-3H3. The summed E-state index contributed by atoms with van der Waals surface area (Å²) < 4.78 is 0. The number of allylic oxidation sites excluding steroid dienone is 2. The lowest BCUT2D eigenvalue weighted by atomic mass is 9.69. The van der Waals surface area contributed by atoms with E-state index >= 15 is 0 Å². The van der Waals surface area contributed by atoms with Crippen molar-refractivity contribution in [2.24, 2.45) is 5.41 Å². The molecule has 1 aliphatic heterocycles. The van der Waals surface area contributed by atoms with Crippen LogP contribution in [0.15, 0.2) is 59.8 Å². The molecule has 1 heterocycles. The van der Waals surface area contributed by atoms with Gasteiger partial charge < -0.3 is 0 Å². The Morgan fingerprint density at radius 2 is 1.72 bits per heavy atom. The van der Waals surface area contributed by atoms with E-state index in [9.17, 15) is 14.9 Å². The Morgan fingerprint density at radius 1 is 1.03 bits per heavy atom. The van der Waals surface area contributed by atoms with Crippen molar-refractivity contribution < 1.29 is 9.59 Å². The highest BCUT2D eigenvalue weighted by Gasteiger charge is 2.44. The Bertz CT molecular complexity index is 1070. The van der Waals surface area contributed by atoms with Crippen molar-refractivity contribution in [2.45, 2.75) is 46.0 Å². The molecule has 1 amide bonds. The van der Waals surface area contributed by atoms with E-state index in [4.69, 9.17) is 0 Å². The second kappa shape index (κ2) is 7.00. The largest absolute Gasteiger partial charge is 0.294 e. The molecule has 1 unspecified atom stereocenters. The first-order valence-electron chi connectivity index (χ1n) is 9.95. The summed E-state index contributed by atoms with van der Waals surface area (Å²) in [6.45, 7) is 6.14. The number of anilines is 1. The molecule has 1 aliphatic carbocycles. The Morgan fingerprint density at radius 3 is 2.41 bits per heavy atom. The molecule has 2 aromatic carbocycles. The zero-order valence-corrected chi connectivity index (χ0v) is 17.0. The Kier molecular flexibility index (Phi) is 4.62. The van der Waals surface area contributed by atoms with Gasteiger partial charge in [0.1, 0.15) is 6.07 Å². The summed E-state index contributed by atoms with van der Waals surface area (Å²) in [6.07, 6.45) is 1.33. The van der Waals surface area contributed by atoms with Crippen molar-refractivity contribution in [3.05, 3.63) is 76.5 Å². The van der Waals surface area contributed by atoms with Crippen molar-refractivity contribution in [1.82, 2.24) is 0 Å². The second-order valence-electron chi connectivity index (χ2n) is 8.83. The summed E-state index contributed by atoms with van der Waals surface area (Å²) in [5.41, 5.74) is 4.42. The third-order valence-corrected chi connectivity index (χ3v) is 5.89. The lowest BCUT2D eigenvalue weighted by Crippen LogP contribution is -2.44. The molecular weight excluding hydrogens is 360 g/mol. The van der Waals surface area contributed by atoms with E-state index in [0.717, 1.165) is 22.4 Å². The minimum atomic E-state index is -0.231. The molecule has 2 aromatic rings. The van der Waals surface area contributed by atoms with E-state index < -0.39 is 0 Å². The van der Waals surface area contributed by atoms with Crippen molar-refractivity contribution in [2.75, 3.05) is 4.90 Å². The van der Waals surface area contributed by atoms with Gasteiger partial charge in [-0.3, -0.25) is 14.5 Å². The summed E-state index contributed by atoms with van der Waals surface area (Å²) in [4.78, 5) is 28.3. The van der Waals surface area contributed by atoms with Crippen molar-refractivity contribution in [3.63, 3.8) is 0 Å². The predicted molar refractivity (Wildman–Crippen MR) is 112 cm³/mol. The molecule has 4 nitrogen and oxygen atoms in total. The summed E-state index contributed by atoms with van der Waals surface area (Å²) in [5.74, 6) is -0.191. The van der Waals surface area contributed by atoms with E-state index in [1.54, 1.807) is 23.1 Å². The van der Waals surface area contributed by atoms with E-state index in [-0.39, 0.29) is 29.4 Å². The maximum Gasteiger partial charge on any atom is 0.232 e. The highest BCUT2D eigenvalue weighted by atomic mass is 16.2. The molecule has 0 saturated heterocycles. The number of hydrogen-bond acceptors (Lipinski definition) is 3. The molecule has 0 saturated carbocycles. The Hall–Kier alpha value is -3.19. The smallest absolute Gasteiger partial charge is 0.232 e. The first-order chi connectivity index (χ1) is 13.8. The topological polar surface area (TPSA) is 61.2 Å². The van der Waals surface area contributed by atoms with Gasteiger partial charge in [-0.05, 0) is 36.5 Å². The summed E-state index contributed by atoms with van der Waals surface area (Å²) in [5, 5.41) is 9.57. The Labute approximate surface area is 171 Å². The van der Waals surface area contributed by atoms with Crippen LogP contribution in [0.2, 0.25) is 0 Å². The second-order valence-corrected chi connectivity index (χ2v) is 8.83. The molecule has 0 N–H and O–H groups in total. The summed E-state index contributed by atoms with van der Waals surface area (Å²) >= 11 is 0. The lowest BCUT2D eigenvalue weighted by molar-refractivity contribution is -0.121. The molecular formula is C25H24N2O2. The van der Waals surface area contributed by atoms with Gasteiger partial charge >= 0.3 is 0 Å². The average molecular weight is 384 g/mol. The fourth-order valence-electron chi connectivity index (χ4n) is 4.54. The van der Waals surface area contributed by atoms with Crippen LogP contribution in [0, 0.1) is 23.7 Å². The van der Waals surface area contributed by atoms with E-state index in [0.29, 0.717) is 24.1 Å². The zero-order chi connectivity index (χ0) is 20.8. The van der Waals surface area contributed by atoms with Crippen LogP contribution in [0.25, 0.3) is 0 Å². The number of Topliss-reactive ketones (excluding diaryl/α,β-unsaturated/α-hetero) is 1. The number of ketones is 1. The number of amides is 1. The third-order valence-electron chi connectivity index (χ3n) is 5.89. The highest BCUT2D eigenvalue weighted by molar-refractivity contribution is 6.08. The molecule has 1 atom stereocenters. The van der Waals surface area contributed by atoms with Gasteiger partial charge in [0, 0.05) is 30.0 Å². The Balaban J connectivity index is 1.93. The summed E-state index contributed by atoms with van der Waals surface area (Å²) in [6, 6.07) is 17.4. The van der Waals surface area contributed by atoms with Gasteiger partial charge in [-0.25, -0.2) is 0 Å². The molecule has 4 heteroatoms. The molecule has 29 heavy (non-hydrogen) atoms. The monoisotopic (exact) mass is 384 g/mol. The van der Waals surface area contributed by atoms with Gasteiger partial charge in [-0.1, -0.05) is 55.8 Å². The van der Waals surface area contributed by atoms with Crippen molar-refractivity contribution in [3.8, 4) is 6.07 Å². The zero-order valence-electron chi connectivity index (χ0n) is 17.0. The van der Waals surface area contributed by atoms with E-state index in [1.807, 2.05) is 37.3 Å². The van der Waals surface area contributed by atoms with Crippen molar-refractivity contribution >= 4 is 17.4 Å². The first-order valence-corrected chi connectivity index (χ1v) is 9.95. The number of nitrogens with zero attached hydrogens (tertiary/aromatic N) is 2. The van der Waals surface area contributed by atoms with Crippen LogP contribution in [0.4, 0.5) is 5.69 Å². The van der Waals surface area contributed by atoms with Crippen LogP contribution in [0.1, 0.15) is 55.7 Å². The molecule has 4 rings (SSSR count). The molecule has 0 radical (unpaired) electrons. The number of para-hydroxylation sites is 1. The molecule has 2 aliphatic rings. The number of carbonyl (C=O) groups excluding carboxylic acids is 2. The number of aryl methyl sites for hydroxylation is 1. The number of carbonyl (C=O) groups is 2. The maximum atomic E-state index is 13.4. The fraction of sp³-hybridized carbons (Fsp3) is 0.320. The van der Waals surface area contributed by atoms with Gasteiger partial charge in [-0.15, -0.1) is 0 Å². The minimum absolute atomic E-state index is 0.0671. The SMILES string of the molecule is Cc1ccc(C2CC(=O)N(c3ccccc3C#N)C3=C2C(=O)CC(C)(C)C3)cc1. The van der Waals surface area contributed by atoms with E-state index in [1.165, 1.54) is 0 Å². The summed E-state index contributed by atoms with van der Waals surface area (Å²) in [7, 11) is 0. The normalized spacial score (nSPS) is 21.0. The number of hydrogen-bond donors (Lipinski definition) is 0. The molecule has 0 fully saturated rings. The van der Waals surface area contributed by atoms with E-state index in [2.05, 4.69) is 19.9 Å². The van der Waals surface area contributed by atoms with Crippen LogP contribution < -0.4 is 4.90 Å². The third kappa shape index (κ3) is 3.38. The predicted octanol–water partition coefficient (Wildman–Crippen LogP) is 5.03. The number of nitriles is 1. The van der Waals surface area contributed by atoms with Crippen molar-refractivity contribution in [1.29, 1.82) is 5.26 Å². The molecule has 146 valence electrons. The van der Waals surface area contributed by atoms with Gasteiger partial charge in [0.05, 0.1) is 11.3 Å². The van der Waals surface area contributed by atoms with Crippen LogP contribution in [0.3, 0.4) is 0 Å². The first kappa shape index (κ1) is 19.1. The van der Waals surface area contributed by atoms with Gasteiger partial charge in [0.15, 0.2) is 5.78 Å². The molecule has 0 spiro atoms. The number of rotatable bonds is 2. The molecule has 0 aromatic heterocycles. The lowest BCUT2D eigenvalue weighted by Gasteiger charge is -2.43. The fourth-order valence-corrected chi connectivity index (χ4v) is 4.54. The highest BCUT2D eigenvalue weighted by Crippen LogP contribution is 2.48. The maximum absolute atomic E-state index is 13.4. The van der Waals surface area contributed by atoms with Crippen LogP contribution in [0.5, 0.6) is 0 Å². The minimum Gasteiger partial charge on any atom is -0.294 e.